The zero-order chi connectivity index (χ0) is 23.8. The molecule has 176 valence electrons. The highest BCUT2D eigenvalue weighted by Crippen LogP contribution is 2.31. The molecule has 1 aromatic carbocycles. The SMILES string of the molecule is CCCC(=O)CCCNc1nc(Nc2cccc(C(F)(F)F)c2)nc(OCC(F)(F)F)n1. The highest BCUT2D eigenvalue weighted by molar-refractivity contribution is 5.78. The molecule has 2 aromatic rings. The minimum atomic E-state index is -4.64. The first-order valence-electron chi connectivity index (χ1n) is 9.62. The van der Waals surface area contributed by atoms with Gasteiger partial charge in [0.2, 0.25) is 11.9 Å². The van der Waals surface area contributed by atoms with E-state index in [-0.39, 0.29) is 29.9 Å². The molecule has 0 aliphatic heterocycles. The number of Topliss-reactive ketones (excluding diaryl/α,β-unsaturated/α-hetero) is 1. The van der Waals surface area contributed by atoms with E-state index in [9.17, 15) is 31.1 Å². The molecule has 1 aromatic heterocycles. The number of hydrogen-bond acceptors (Lipinski definition) is 7. The van der Waals surface area contributed by atoms with Gasteiger partial charge in [-0.1, -0.05) is 13.0 Å². The zero-order valence-electron chi connectivity index (χ0n) is 17.0. The average molecular weight is 465 g/mol. The van der Waals surface area contributed by atoms with Crippen LogP contribution in [-0.2, 0) is 11.0 Å². The molecule has 0 amide bonds. The number of ether oxygens (including phenoxy) is 1. The summed E-state index contributed by atoms with van der Waals surface area (Å²) in [6.07, 6.45) is -7.32. The second-order valence-corrected chi connectivity index (χ2v) is 6.69. The number of nitrogens with one attached hydrogen (secondary N) is 2. The number of carbonyl (C=O) groups is 1. The number of ketones is 1. The number of hydrogen-bond donors (Lipinski definition) is 2. The highest BCUT2D eigenvalue weighted by atomic mass is 19.4. The van der Waals surface area contributed by atoms with E-state index in [2.05, 4.69) is 30.3 Å². The Balaban J connectivity index is 2.16. The molecule has 0 saturated carbocycles. The van der Waals surface area contributed by atoms with Gasteiger partial charge in [-0.3, -0.25) is 4.79 Å². The summed E-state index contributed by atoms with van der Waals surface area (Å²) in [5.74, 6) is -0.401. The summed E-state index contributed by atoms with van der Waals surface area (Å²) >= 11 is 0. The second kappa shape index (κ2) is 11.0. The van der Waals surface area contributed by atoms with Crippen molar-refractivity contribution >= 4 is 23.4 Å². The standard InChI is InChI=1S/C19H21F6N5O2/c1-2-5-14(31)8-4-9-26-15-28-16(30-17(29-15)32-11-18(20,21)22)27-13-7-3-6-12(10-13)19(23,24)25/h3,6-7,10H,2,4-5,8-9,11H2,1H3,(H2,26,27,28,29,30). The summed E-state index contributed by atoms with van der Waals surface area (Å²) in [6, 6.07) is 3.45. The Labute approximate surface area is 179 Å². The summed E-state index contributed by atoms with van der Waals surface area (Å²) < 4.78 is 80.6. The zero-order valence-corrected chi connectivity index (χ0v) is 17.0. The molecule has 7 nitrogen and oxygen atoms in total. The van der Waals surface area contributed by atoms with E-state index < -0.39 is 30.5 Å². The highest BCUT2D eigenvalue weighted by Gasteiger charge is 2.31. The molecule has 2 N–H and O–H groups in total. The molecule has 0 atom stereocenters. The van der Waals surface area contributed by atoms with Gasteiger partial charge >= 0.3 is 18.4 Å². The second-order valence-electron chi connectivity index (χ2n) is 6.69. The van der Waals surface area contributed by atoms with Gasteiger partial charge in [0.15, 0.2) is 6.61 Å². The number of carbonyl (C=O) groups excluding carboxylic acids is 1. The molecule has 32 heavy (non-hydrogen) atoms. The topological polar surface area (TPSA) is 89.0 Å². The minimum Gasteiger partial charge on any atom is -0.454 e. The molecule has 0 radical (unpaired) electrons. The summed E-state index contributed by atoms with van der Waals surface area (Å²) in [5.41, 5.74) is -0.968. The van der Waals surface area contributed by atoms with Gasteiger partial charge in [-0.25, -0.2) is 0 Å². The fourth-order valence-electron chi connectivity index (χ4n) is 2.49. The Morgan fingerprint density at radius 2 is 1.75 bits per heavy atom. The minimum absolute atomic E-state index is 0.0380. The van der Waals surface area contributed by atoms with Crippen molar-refractivity contribution in [1.29, 1.82) is 0 Å². The molecule has 13 heteroatoms. The maximum absolute atomic E-state index is 12.9. The lowest BCUT2D eigenvalue weighted by Gasteiger charge is -2.13. The van der Waals surface area contributed by atoms with Gasteiger partial charge < -0.3 is 15.4 Å². The monoisotopic (exact) mass is 465 g/mol. The van der Waals surface area contributed by atoms with Crippen molar-refractivity contribution in [3.05, 3.63) is 29.8 Å². The summed E-state index contributed by atoms with van der Waals surface area (Å²) in [5, 5.41) is 5.25. The van der Waals surface area contributed by atoms with Crippen molar-refractivity contribution in [2.24, 2.45) is 0 Å². The maximum atomic E-state index is 12.9. The molecular formula is C19H21F6N5O2. The quantitative estimate of drug-likeness (QED) is 0.351. The molecule has 1 heterocycles. The van der Waals surface area contributed by atoms with E-state index in [0.29, 0.717) is 19.3 Å². The van der Waals surface area contributed by atoms with Crippen LogP contribution in [0.15, 0.2) is 24.3 Å². The Kier molecular flexibility index (Phi) is 8.61. The third-order valence-electron chi connectivity index (χ3n) is 3.87. The summed E-state index contributed by atoms with van der Waals surface area (Å²) in [6.45, 7) is 0.453. The van der Waals surface area contributed by atoms with Crippen molar-refractivity contribution in [2.75, 3.05) is 23.8 Å². The lowest BCUT2D eigenvalue weighted by molar-refractivity contribution is -0.154. The third kappa shape index (κ3) is 8.94. The fraction of sp³-hybridized carbons (Fsp3) is 0.474. The Bertz CT molecular complexity index is 905. The molecule has 0 unspecified atom stereocenters. The largest absolute Gasteiger partial charge is 0.454 e. The molecule has 0 bridgehead atoms. The predicted octanol–water partition coefficient (Wildman–Crippen LogP) is 5.14. The van der Waals surface area contributed by atoms with Crippen LogP contribution in [0.3, 0.4) is 0 Å². The summed E-state index contributed by atoms with van der Waals surface area (Å²) in [4.78, 5) is 22.9. The van der Waals surface area contributed by atoms with Gasteiger partial charge in [0.1, 0.15) is 5.78 Å². The van der Waals surface area contributed by atoms with Crippen LogP contribution in [0.2, 0.25) is 0 Å². The maximum Gasteiger partial charge on any atom is 0.422 e. The smallest absolute Gasteiger partial charge is 0.422 e. The number of benzene rings is 1. The molecule has 2 rings (SSSR count). The lowest BCUT2D eigenvalue weighted by atomic mass is 10.1. The number of nitrogens with zero attached hydrogens (tertiary/aromatic N) is 3. The van der Waals surface area contributed by atoms with Crippen LogP contribution in [0.4, 0.5) is 43.9 Å². The molecule has 0 saturated heterocycles. The van der Waals surface area contributed by atoms with E-state index in [1.165, 1.54) is 6.07 Å². The van der Waals surface area contributed by atoms with Crippen molar-refractivity contribution in [3.8, 4) is 6.01 Å². The molecule has 0 fully saturated rings. The Morgan fingerprint density at radius 1 is 1.03 bits per heavy atom. The van der Waals surface area contributed by atoms with Gasteiger partial charge in [0.05, 0.1) is 5.56 Å². The Hall–Kier alpha value is -3.12. The molecule has 0 aliphatic carbocycles. The molecule has 0 spiro atoms. The van der Waals surface area contributed by atoms with Crippen LogP contribution in [-0.4, -0.2) is 40.1 Å². The van der Waals surface area contributed by atoms with E-state index in [0.717, 1.165) is 24.6 Å². The first-order valence-corrected chi connectivity index (χ1v) is 9.62. The van der Waals surface area contributed by atoms with E-state index in [4.69, 9.17) is 0 Å². The van der Waals surface area contributed by atoms with Crippen LogP contribution in [0, 0.1) is 0 Å². The lowest BCUT2D eigenvalue weighted by Crippen LogP contribution is -2.21. The third-order valence-corrected chi connectivity index (χ3v) is 3.87. The van der Waals surface area contributed by atoms with Crippen molar-refractivity contribution in [2.45, 2.75) is 45.0 Å². The fourth-order valence-corrected chi connectivity index (χ4v) is 2.49. The normalized spacial score (nSPS) is 11.8. The van der Waals surface area contributed by atoms with Crippen molar-refractivity contribution in [3.63, 3.8) is 0 Å². The number of halogens is 6. The van der Waals surface area contributed by atoms with Gasteiger partial charge in [-0.05, 0) is 31.0 Å². The van der Waals surface area contributed by atoms with Crippen LogP contribution in [0.1, 0.15) is 38.2 Å². The number of rotatable bonds is 11. The summed E-state index contributed by atoms with van der Waals surface area (Å²) in [7, 11) is 0. The van der Waals surface area contributed by atoms with Crippen LogP contribution in [0.5, 0.6) is 6.01 Å². The first-order chi connectivity index (χ1) is 15.0. The first kappa shape index (κ1) is 25.1. The van der Waals surface area contributed by atoms with Gasteiger partial charge in [0.25, 0.3) is 0 Å². The molecule has 0 aliphatic rings. The average Bonchev–Trinajstić information content (AvgIpc) is 2.69. The Morgan fingerprint density at radius 3 is 2.41 bits per heavy atom. The predicted molar refractivity (Wildman–Crippen MR) is 104 cm³/mol. The number of anilines is 3. The number of aromatic nitrogens is 3. The molecular weight excluding hydrogens is 444 g/mol. The number of alkyl halides is 6. The van der Waals surface area contributed by atoms with E-state index >= 15 is 0 Å². The van der Waals surface area contributed by atoms with Crippen molar-refractivity contribution in [1.82, 2.24) is 15.0 Å². The van der Waals surface area contributed by atoms with Gasteiger partial charge in [-0.2, -0.15) is 41.3 Å². The van der Waals surface area contributed by atoms with Crippen LogP contribution >= 0.6 is 0 Å². The van der Waals surface area contributed by atoms with Crippen LogP contribution in [0.25, 0.3) is 0 Å². The van der Waals surface area contributed by atoms with E-state index in [1.807, 2.05) is 6.92 Å². The van der Waals surface area contributed by atoms with Gasteiger partial charge in [0, 0.05) is 25.1 Å². The van der Waals surface area contributed by atoms with Crippen molar-refractivity contribution < 1.29 is 35.9 Å². The van der Waals surface area contributed by atoms with Gasteiger partial charge in [-0.15, -0.1) is 0 Å². The van der Waals surface area contributed by atoms with Crippen LogP contribution < -0.4 is 15.4 Å². The van der Waals surface area contributed by atoms with E-state index in [1.54, 1.807) is 0 Å².